The molecule has 1 aliphatic rings. The fraction of sp³-hybridized carbons (Fsp3) is 0.421. The third-order valence-corrected chi connectivity index (χ3v) is 5.93. The molecular formula is C19H24BrN3O2S. The Hall–Kier alpha value is -1.41. The number of benzene rings is 1. The number of hydrogen-bond acceptors (Lipinski definition) is 4. The number of amides is 2. The molecule has 3 rings (SSSR count). The van der Waals surface area contributed by atoms with Crippen molar-refractivity contribution in [3.63, 3.8) is 0 Å². The maximum Gasteiger partial charge on any atom is 0.314 e. The zero-order valence-electron chi connectivity index (χ0n) is 14.6. The normalized spacial score (nSPS) is 17.8. The predicted molar refractivity (Wildman–Crippen MR) is 109 cm³/mol. The minimum Gasteiger partial charge on any atom is -0.374 e. The Bertz CT molecular complexity index is 695. The number of carbonyl (C=O) groups excluding carboxylic acids is 1. The maximum absolute atomic E-state index is 12.0. The Labute approximate surface area is 166 Å². The molecule has 0 radical (unpaired) electrons. The third kappa shape index (κ3) is 6.39. The number of carbonyl (C=O) groups is 1. The van der Waals surface area contributed by atoms with Gasteiger partial charge in [-0.3, -0.25) is 4.90 Å². The van der Waals surface area contributed by atoms with Gasteiger partial charge >= 0.3 is 6.03 Å². The van der Waals surface area contributed by atoms with Crippen LogP contribution in [0.5, 0.6) is 0 Å². The molecule has 0 saturated carbocycles. The van der Waals surface area contributed by atoms with Crippen LogP contribution >= 0.6 is 27.3 Å². The van der Waals surface area contributed by atoms with Crippen molar-refractivity contribution < 1.29 is 9.53 Å². The van der Waals surface area contributed by atoms with Crippen LogP contribution in [-0.2, 0) is 17.7 Å². The Morgan fingerprint density at radius 1 is 1.23 bits per heavy atom. The van der Waals surface area contributed by atoms with Crippen LogP contribution in [0.4, 0.5) is 4.79 Å². The highest BCUT2D eigenvalue weighted by Gasteiger charge is 2.20. The second kappa shape index (κ2) is 10.1. The van der Waals surface area contributed by atoms with Crippen LogP contribution in [-0.4, -0.2) is 49.8 Å². The summed E-state index contributed by atoms with van der Waals surface area (Å²) in [6.45, 7) is 4.54. The molecule has 7 heteroatoms. The highest BCUT2D eigenvalue weighted by molar-refractivity contribution is 9.11. The summed E-state index contributed by atoms with van der Waals surface area (Å²) >= 11 is 5.14. The molecule has 140 valence electrons. The molecule has 1 aliphatic heterocycles. The molecule has 1 saturated heterocycles. The van der Waals surface area contributed by atoms with Gasteiger partial charge in [-0.05, 0) is 40.0 Å². The van der Waals surface area contributed by atoms with Crippen LogP contribution in [0.15, 0.2) is 46.3 Å². The van der Waals surface area contributed by atoms with Crippen LogP contribution in [0.3, 0.4) is 0 Å². The molecule has 0 bridgehead atoms. The van der Waals surface area contributed by atoms with Crippen LogP contribution in [0.2, 0.25) is 0 Å². The Kier molecular flexibility index (Phi) is 7.49. The molecular weight excluding hydrogens is 414 g/mol. The number of rotatable bonds is 7. The summed E-state index contributed by atoms with van der Waals surface area (Å²) < 4.78 is 6.90. The summed E-state index contributed by atoms with van der Waals surface area (Å²) in [5.41, 5.74) is 1.30. The van der Waals surface area contributed by atoms with Gasteiger partial charge in [0.1, 0.15) is 0 Å². The van der Waals surface area contributed by atoms with Gasteiger partial charge in [0.05, 0.1) is 16.5 Å². The van der Waals surface area contributed by atoms with Crippen LogP contribution in [0.25, 0.3) is 0 Å². The van der Waals surface area contributed by atoms with Crippen molar-refractivity contribution in [3.05, 3.63) is 56.7 Å². The molecule has 2 aromatic rings. The fourth-order valence-corrected chi connectivity index (χ4v) is 4.43. The number of morpholine rings is 1. The van der Waals surface area contributed by atoms with Gasteiger partial charge in [0.2, 0.25) is 0 Å². The van der Waals surface area contributed by atoms with E-state index < -0.39 is 0 Å². The van der Waals surface area contributed by atoms with Crippen LogP contribution in [0.1, 0.15) is 10.4 Å². The SMILES string of the molecule is O=C(NCCc1ccc(Br)s1)NCC1CN(Cc2ccccc2)CCO1. The second-order valence-corrected chi connectivity index (χ2v) is 8.85. The van der Waals surface area contributed by atoms with E-state index in [-0.39, 0.29) is 12.1 Å². The molecule has 2 amide bonds. The number of nitrogens with zero attached hydrogens (tertiary/aromatic N) is 1. The van der Waals surface area contributed by atoms with E-state index in [1.54, 1.807) is 11.3 Å². The molecule has 26 heavy (non-hydrogen) atoms. The monoisotopic (exact) mass is 437 g/mol. The van der Waals surface area contributed by atoms with Gasteiger partial charge in [0.25, 0.3) is 0 Å². The molecule has 1 unspecified atom stereocenters. The van der Waals surface area contributed by atoms with E-state index in [1.165, 1.54) is 10.4 Å². The number of hydrogen-bond donors (Lipinski definition) is 2. The van der Waals surface area contributed by atoms with E-state index in [0.717, 1.165) is 29.8 Å². The van der Waals surface area contributed by atoms with Crippen molar-refractivity contribution in [2.45, 2.75) is 19.1 Å². The van der Waals surface area contributed by atoms with Crippen molar-refractivity contribution in [1.29, 1.82) is 0 Å². The molecule has 0 spiro atoms. The topological polar surface area (TPSA) is 53.6 Å². The summed E-state index contributed by atoms with van der Waals surface area (Å²) in [7, 11) is 0. The standard InChI is InChI=1S/C19H24BrN3O2S/c20-18-7-6-17(26-18)8-9-21-19(24)22-12-16-14-23(10-11-25-16)13-15-4-2-1-3-5-15/h1-7,16H,8-14H2,(H2,21,22,24). The molecule has 0 aliphatic carbocycles. The van der Waals surface area contributed by atoms with Crippen molar-refractivity contribution in [3.8, 4) is 0 Å². The van der Waals surface area contributed by atoms with Gasteiger partial charge in [-0.15, -0.1) is 11.3 Å². The minimum atomic E-state index is -0.135. The molecule has 2 heterocycles. The first-order valence-corrected chi connectivity index (χ1v) is 10.4. The molecule has 1 fully saturated rings. The van der Waals surface area contributed by atoms with Gasteiger partial charge in [-0.1, -0.05) is 30.3 Å². The van der Waals surface area contributed by atoms with E-state index >= 15 is 0 Å². The van der Waals surface area contributed by atoms with E-state index in [0.29, 0.717) is 19.7 Å². The lowest BCUT2D eigenvalue weighted by Gasteiger charge is -2.33. The van der Waals surface area contributed by atoms with Crippen molar-refractivity contribution in [2.24, 2.45) is 0 Å². The molecule has 2 N–H and O–H groups in total. The lowest BCUT2D eigenvalue weighted by atomic mass is 10.2. The Morgan fingerprint density at radius 3 is 2.85 bits per heavy atom. The Morgan fingerprint density at radius 2 is 2.08 bits per heavy atom. The first kappa shape index (κ1) is 19.4. The summed E-state index contributed by atoms with van der Waals surface area (Å²) in [6.07, 6.45) is 0.875. The van der Waals surface area contributed by atoms with Gasteiger partial charge in [0, 0.05) is 37.6 Å². The van der Waals surface area contributed by atoms with E-state index in [1.807, 2.05) is 12.1 Å². The molecule has 5 nitrogen and oxygen atoms in total. The smallest absolute Gasteiger partial charge is 0.314 e. The summed E-state index contributed by atoms with van der Waals surface area (Å²) in [6, 6.07) is 14.4. The minimum absolute atomic E-state index is 0.0338. The zero-order chi connectivity index (χ0) is 18.2. The van der Waals surface area contributed by atoms with Gasteiger partial charge < -0.3 is 15.4 Å². The third-order valence-electron chi connectivity index (χ3n) is 4.25. The average molecular weight is 438 g/mol. The number of thiophene rings is 1. The van der Waals surface area contributed by atoms with Gasteiger partial charge in [-0.2, -0.15) is 0 Å². The van der Waals surface area contributed by atoms with E-state index in [9.17, 15) is 4.79 Å². The summed E-state index contributed by atoms with van der Waals surface area (Å²) in [5, 5.41) is 5.82. The largest absolute Gasteiger partial charge is 0.374 e. The molecule has 1 atom stereocenters. The number of nitrogens with one attached hydrogen (secondary N) is 2. The van der Waals surface area contributed by atoms with Crippen molar-refractivity contribution in [2.75, 3.05) is 32.8 Å². The van der Waals surface area contributed by atoms with E-state index in [2.05, 4.69) is 61.8 Å². The molecule has 1 aromatic carbocycles. The zero-order valence-corrected chi connectivity index (χ0v) is 17.0. The van der Waals surface area contributed by atoms with Crippen molar-refractivity contribution >= 4 is 33.3 Å². The molecule has 1 aromatic heterocycles. The lowest BCUT2D eigenvalue weighted by Crippen LogP contribution is -2.48. The van der Waals surface area contributed by atoms with Gasteiger partial charge in [-0.25, -0.2) is 4.79 Å². The highest BCUT2D eigenvalue weighted by atomic mass is 79.9. The number of urea groups is 1. The predicted octanol–water partition coefficient (Wildman–Crippen LogP) is 3.25. The summed E-state index contributed by atoms with van der Waals surface area (Å²) in [4.78, 5) is 15.6. The first-order valence-electron chi connectivity index (χ1n) is 8.83. The van der Waals surface area contributed by atoms with Crippen molar-refractivity contribution in [1.82, 2.24) is 15.5 Å². The first-order chi connectivity index (χ1) is 12.7. The average Bonchev–Trinajstić information content (AvgIpc) is 3.06. The maximum atomic E-state index is 12.0. The van der Waals surface area contributed by atoms with Crippen LogP contribution < -0.4 is 10.6 Å². The van der Waals surface area contributed by atoms with E-state index in [4.69, 9.17) is 4.74 Å². The summed E-state index contributed by atoms with van der Waals surface area (Å²) in [5.74, 6) is 0. The second-order valence-electron chi connectivity index (χ2n) is 6.31. The number of halogens is 1. The fourth-order valence-electron chi connectivity index (χ4n) is 2.94. The quantitative estimate of drug-likeness (QED) is 0.698. The number of ether oxygens (including phenoxy) is 1. The highest BCUT2D eigenvalue weighted by Crippen LogP contribution is 2.22. The van der Waals surface area contributed by atoms with Gasteiger partial charge in [0.15, 0.2) is 0 Å². The Balaban J connectivity index is 1.33. The van der Waals surface area contributed by atoms with Crippen LogP contribution in [0, 0.1) is 0 Å². The lowest BCUT2D eigenvalue weighted by molar-refractivity contribution is -0.0287.